The molecular formula is C14H15BN2O4. The highest BCUT2D eigenvalue weighted by Gasteiger charge is 2.28. The van der Waals surface area contributed by atoms with Crippen molar-refractivity contribution in [1.82, 2.24) is 10.1 Å². The van der Waals surface area contributed by atoms with Crippen molar-refractivity contribution in [2.45, 2.75) is 20.1 Å². The summed E-state index contributed by atoms with van der Waals surface area (Å²) in [5, 5.41) is 13.5. The molecule has 108 valence electrons. The van der Waals surface area contributed by atoms with Gasteiger partial charge < -0.3 is 19.1 Å². The molecule has 3 rings (SSSR count). The van der Waals surface area contributed by atoms with E-state index in [1.54, 1.807) is 36.2 Å². The number of rotatable bonds is 3. The average molecular weight is 286 g/mol. The Morgan fingerprint density at radius 3 is 3.00 bits per heavy atom. The summed E-state index contributed by atoms with van der Waals surface area (Å²) in [6, 6.07) is 6.99. The van der Waals surface area contributed by atoms with E-state index in [1.807, 2.05) is 6.92 Å². The molecule has 1 aromatic carbocycles. The second-order valence-electron chi connectivity index (χ2n) is 5.17. The van der Waals surface area contributed by atoms with E-state index in [1.165, 1.54) is 0 Å². The Hall–Kier alpha value is -2.12. The molecule has 7 heteroatoms. The van der Waals surface area contributed by atoms with Crippen molar-refractivity contribution >= 4 is 18.5 Å². The van der Waals surface area contributed by atoms with Gasteiger partial charge >= 0.3 is 7.12 Å². The first-order valence-corrected chi connectivity index (χ1v) is 6.65. The molecule has 0 aliphatic carbocycles. The standard InChI is InChI=1S/C14H15BN2O4/c1-9-5-12(16-21-9)7-17(2)14(18)10-3-4-13-11(6-10)8-20-15(13)19/h3-6,19H,7-8H2,1-2H3. The fraction of sp³-hybridized carbons (Fsp3) is 0.286. The highest BCUT2D eigenvalue weighted by molar-refractivity contribution is 6.61. The first-order chi connectivity index (χ1) is 10.0. The van der Waals surface area contributed by atoms with Gasteiger partial charge in [0.25, 0.3) is 5.91 Å². The van der Waals surface area contributed by atoms with Gasteiger partial charge in [-0.05, 0) is 30.1 Å². The van der Waals surface area contributed by atoms with Crippen LogP contribution in [-0.2, 0) is 17.8 Å². The molecule has 0 bridgehead atoms. The molecule has 1 aliphatic heterocycles. The Morgan fingerprint density at radius 2 is 2.29 bits per heavy atom. The van der Waals surface area contributed by atoms with Crippen molar-refractivity contribution in [1.29, 1.82) is 0 Å². The lowest BCUT2D eigenvalue weighted by molar-refractivity contribution is 0.0782. The predicted octanol–water partition coefficient (Wildman–Crippen LogP) is 0.473. The maximum atomic E-state index is 12.4. The summed E-state index contributed by atoms with van der Waals surface area (Å²) in [6.45, 7) is 2.51. The Bertz CT molecular complexity index is 685. The quantitative estimate of drug-likeness (QED) is 0.830. The third-order valence-electron chi connectivity index (χ3n) is 3.48. The van der Waals surface area contributed by atoms with Gasteiger partial charge in [0.1, 0.15) is 11.5 Å². The van der Waals surface area contributed by atoms with Crippen LogP contribution >= 0.6 is 0 Å². The smallest absolute Gasteiger partial charge is 0.423 e. The number of hydrogen-bond acceptors (Lipinski definition) is 5. The van der Waals surface area contributed by atoms with Crippen LogP contribution in [0, 0.1) is 6.92 Å². The van der Waals surface area contributed by atoms with Gasteiger partial charge in [0.05, 0.1) is 13.2 Å². The SMILES string of the molecule is Cc1cc(CN(C)C(=O)c2ccc3c(c2)COB3O)no1. The Kier molecular flexibility index (Phi) is 3.53. The average Bonchev–Trinajstić information content (AvgIpc) is 3.04. The zero-order valence-electron chi connectivity index (χ0n) is 11.9. The number of carbonyl (C=O) groups is 1. The van der Waals surface area contributed by atoms with Gasteiger partial charge in [0, 0.05) is 18.7 Å². The van der Waals surface area contributed by atoms with E-state index >= 15 is 0 Å². The zero-order chi connectivity index (χ0) is 15.0. The third-order valence-corrected chi connectivity index (χ3v) is 3.48. The van der Waals surface area contributed by atoms with E-state index in [-0.39, 0.29) is 5.91 Å². The predicted molar refractivity (Wildman–Crippen MR) is 75.9 cm³/mol. The minimum absolute atomic E-state index is 0.111. The molecule has 1 aliphatic rings. The van der Waals surface area contributed by atoms with E-state index in [0.29, 0.717) is 24.4 Å². The first-order valence-electron chi connectivity index (χ1n) is 6.65. The van der Waals surface area contributed by atoms with Gasteiger partial charge in [0.2, 0.25) is 0 Å². The largest absolute Gasteiger partial charge is 0.491 e. The number of aryl methyl sites for hydroxylation is 1. The summed E-state index contributed by atoms with van der Waals surface area (Å²) in [5.41, 5.74) is 2.85. The number of amides is 1. The lowest BCUT2D eigenvalue weighted by atomic mass is 9.79. The third kappa shape index (κ3) is 2.70. The lowest BCUT2D eigenvalue weighted by Crippen LogP contribution is -2.30. The molecule has 1 aromatic heterocycles. The van der Waals surface area contributed by atoms with Crippen molar-refractivity contribution < 1.29 is 19.0 Å². The summed E-state index contributed by atoms with van der Waals surface area (Å²) in [5.74, 6) is 0.606. The van der Waals surface area contributed by atoms with Crippen molar-refractivity contribution in [3.8, 4) is 0 Å². The zero-order valence-corrected chi connectivity index (χ0v) is 11.9. The van der Waals surface area contributed by atoms with Crippen LogP contribution in [0.15, 0.2) is 28.8 Å². The van der Waals surface area contributed by atoms with Crippen LogP contribution in [0.3, 0.4) is 0 Å². The number of benzene rings is 1. The summed E-state index contributed by atoms with van der Waals surface area (Å²) < 4.78 is 10.1. The normalized spacial score (nSPS) is 13.4. The second kappa shape index (κ2) is 5.35. The Balaban J connectivity index is 1.76. The molecule has 0 spiro atoms. The molecule has 0 saturated heterocycles. The van der Waals surface area contributed by atoms with Crippen LogP contribution in [0.25, 0.3) is 0 Å². The van der Waals surface area contributed by atoms with Crippen LogP contribution in [0.5, 0.6) is 0 Å². The van der Waals surface area contributed by atoms with Crippen molar-refractivity contribution in [3.05, 3.63) is 46.8 Å². The molecule has 1 N–H and O–H groups in total. The van der Waals surface area contributed by atoms with Gasteiger partial charge in [-0.3, -0.25) is 4.79 Å². The van der Waals surface area contributed by atoms with E-state index < -0.39 is 7.12 Å². The molecule has 21 heavy (non-hydrogen) atoms. The fourth-order valence-electron chi connectivity index (χ4n) is 2.39. The van der Waals surface area contributed by atoms with Crippen LogP contribution in [0.1, 0.15) is 27.4 Å². The molecule has 0 atom stereocenters. The highest BCUT2D eigenvalue weighted by atomic mass is 16.5. The van der Waals surface area contributed by atoms with Gasteiger partial charge in [-0.25, -0.2) is 0 Å². The maximum absolute atomic E-state index is 12.4. The highest BCUT2D eigenvalue weighted by Crippen LogP contribution is 2.14. The van der Waals surface area contributed by atoms with Crippen LogP contribution in [0.4, 0.5) is 0 Å². The summed E-state index contributed by atoms with van der Waals surface area (Å²) in [7, 11) is 0.824. The van der Waals surface area contributed by atoms with Gasteiger partial charge in [-0.2, -0.15) is 0 Å². The molecule has 6 nitrogen and oxygen atoms in total. The first kappa shape index (κ1) is 13.8. The number of aromatic nitrogens is 1. The molecule has 2 heterocycles. The van der Waals surface area contributed by atoms with Gasteiger partial charge in [-0.1, -0.05) is 11.2 Å². The topological polar surface area (TPSA) is 75.8 Å². The molecular weight excluding hydrogens is 271 g/mol. The van der Waals surface area contributed by atoms with Crippen LogP contribution in [-0.4, -0.2) is 35.2 Å². The van der Waals surface area contributed by atoms with E-state index in [9.17, 15) is 9.82 Å². The Morgan fingerprint density at radius 1 is 1.48 bits per heavy atom. The number of nitrogens with zero attached hydrogens (tertiary/aromatic N) is 2. The fourth-order valence-corrected chi connectivity index (χ4v) is 2.39. The maximum Gasteiger partial charge on any atom is 0.491 e. The molecule has 0 saturated carbocycles. The van der Waals surface area contributed by atoms with Crippen molar-refractivity contribution in [2.75, 3.05) is 7.05 Å². The van der Waals surface area contributed by atoms with Crippen molar-refractivity contribution in [3.63, 3.8) is 0 Å². The van der Waals surface area contributed by atoms with Gasteiger partial charge in [0.15, 0.2) is 0 Å². The minimum atomic E-state index is -0.889. The molecule has 0 unspecified atom stereocenters. The molecule has 0 fully saturated rings. The van der Waals surface area contributed by atoms with Crippen molar-refractivity contribution in [2.24, 2.45) is 0 Å². The number of carbonyl (C=O) groups excluding carboxylic acids is 1. The monoisotopic (exact) mass is 286 g/mol. The molecule has 2 aromatic rings. The molecule has 1 amide bonds. The Labute approximate surface area is 122 Å². The number of hydrogen-bond donors (Lipinski definition) is 1. The van der Waals surface area contributed by atoms with Crippen LogP contribution in [0.2, 0.25) is 0 Å². The summed E-state index contributed by atoms with van der Waals surface area (Å²) in [6.07, 6.45) is 0. The number of fused-ring (bicyclic) bond motifs is 1. The lowest BCUT2D eigenvalue weighted by Gasteiger charge is -2.16. The van der Waals surface area contributed by atoms with Gasteiger partial charge in [-0.15, -0.1) is 0 Å². The second-order valence-corrected chi connectivity index (χ2v) is 5.17. The summed E-state index contributed by atoms with van der Waals surface area (Å²) >= 11 is 0. The van der Waals surface area contributed by atoms with E-state index in [4.69, 9.17) is 9.18 Å². The van der Waals surface area contributed by atoms with E-state index in [2.05, 4.69) is 5.16 Å². The summed E-state index contributed by atoms with van der Waals surface area (Å²) in [4.78, 5) is 14.0. The molecule has 0 radical (unpaired) electrons. The minimum Gasteiger partial charge on any atom is -0.423 e. The van der Waals surface area contributed by atoms with E-state index in [0.717, 1.165) is 16.8 Å². The van der Waals surface area contributed by atoms with Crippen LogP contribution < -0.4 is 5.46 Å².